The number of hydrogen-bond acceptors (Lipinski definition) is 6. The largest absolute Gasteiger partial charge is 0.353 e. The monoisotopic (exact) mass is 485 g/mol. The molecule has 1 fully saturated rings. The van der Waals surface area contributed by atoms with E-state index in [2.05, 4.69) is 20.1 Å². The SMILES string of the molecule is Cc1c(-c2[nH]c3cnc(N4CCN(S(C)(=O)=O)CC4)c(F)c3c2C(C)C)cn2ncnc2c1C. The normalized spacial score (nSPS) is 15.8. The number of halogens is 1. The molecule has 4 aromatic heterocycles. The van der Waals surface area contributed by atoms with E-state index in [-0.39, 0.29) is 17.6 Å². The van der Waals surface area contributed by atoms with Gasteiger partial charge in [0.2, 0.25) is 10.0 Å². The Labute approximate surface area is 197 Å². The molecule has 9 nitrogen and oxygen atoms in total. The lowest BCUT2D eigenvalue weighted by atomic mass is 9.94. The summed E-state index contributed by atoms with van der Waals surface area (Å²) in [6.45, 7) is 9.54. The molecule has 1 saturated heterocycles. The quantitative estimate of drug-likeness (QED) is 0.477. The van der Waals surface area contributed by atoms with Gasteiger partial charge in [-0.25, -0.2) is 27.3 Å². The van der Waals surface area contributed by atoms with Gasteiger partial charge in [0.15, 0.2) is 17.3 Å². The highest BCUT2D eigenvalue weighted by Crippen LogP contribution is 2.40. The van der Waals surface area contributed by atoms with Crippen molar-refractivity contribution < 1.29 is 12.8 Å². The standard InChI is InChI=1S/C23H28FN7O2S/c1-13(2)18-19-17(28-21(18)16-11-31-22(26-12-27-31)15(4)14(16)3)10-25-23(20(19)24)29-6-8-30(9-7-29)34(5,32)33/h10-13,28H,6-9H2,1-5H3. The highest BCUT2D eigenvalue weighted by Gasteiger charge is 2.29. The molecule has 0 aromatic carbocycles. The van der Waals surface area contributed by atoms with Crippen LogP contribution in [-0.2, 0) is 10.0 Å². The van der Waals surface area contributed by atoms with E-state index in [0.717, 1.165) is 33.6 Å². The van der Waals surface area contributed by atoms with E-state index >= 15 is 4.39 Å². The summed E-state index contributed by atoms with van der Waals surface area (Å²) >= 11 is 0. The molecule has 4 aromatic rings. The second-order valence-electron chi connectivity index (χ2n) is 9.22. The van der Waals surface area contributed by atoms with Crippen molar-refractivity contribution in [2.24, 2.45) is 0 Å². The van der Waals surface area contributed by atoms with E-state index in [1.807, 2.05) is 38.8 Å². The third-order valence-electron chi connectivity index (χ3n) is 6.78. The Morgan fingerprint density at radius 3 is 2.44 bits per heavy atom. The molecule has 1 aliphatic rings. The average molecular weight is 486 g/mol. The van der Waals surface area contributed by atoms with Crippen LogP contribution in [0.25, 0.3) is 27.8 Å². The number of hydrogen-bond donors (Lipinski definition) is 1. The molecule has 0 radical (unpaired) electrons. The molecule has 11 heteroatoms. The zero-order valence-electron chi connectivity index (χ0n) is 19.9. The van der Waals surface area contributed by atoms with Gasteiger partial charge in [0.25, 0.3) is 0 Å². The van der Waals surface area contributed by atoms with Crippen LogP contribution >= 0.6 is 0 Å². The Morgan fingerprint density at radius 2 is 1.79 bits per heavy atom. The molecule has 0 aliphatic carbocycles. The minimum absolute atomic E-state index is 0.0433. The average Bonchev–Trinajstić information content (AvgIpc) is 3.41. The number of anilines is 1. The van der Waals surface area contributed by atoms with Gasteiger partial charge in [0.1, 0.15) is 6.33 Å². The highest BCUT2D eigenvalue weighted by atomic mass is 32.2. The number of rotatable bonds is 4. The topological polar surface area (TPSA) is 99.5 Å². The number of aryl methyl sites for hydroxylation is 1. The molecular formula is C23H28FN7O2S. The van der Waals surface area contributed by atoms with E-state index in [4.69, 9.17) is 0 Å². The molecule has 180 valence electrons. The van der Waals surface area contributed by atoms with Gasteiger partial charge < -0.3 is 9.88 Å². The van der Waals surface area contributed by atoms with Gasteiger partial charge in [0, 0.05) is 43.3 Å². The van der Waals surface area contributed by atoms with Crippen LogP contribution in [0.1, 0.15) is 36.5 Å². The fourth-order valence-electron chi connectivity index (χ4n) is 4.86. The Bertz CT molecular complexity index is 1520. The summed E-state index contributed by atoms with van der Waals surface area (Å²) in [5.41, 5.74) is 6.18. The van der Waals surface area contributed by atoms with E-state index in [1.54, 1.807) is 10.7 Å². The number of sulfonamides is 1. The predicted molar refractivity (Wildman–Crippen MR) is 130 cm³/mol. The van der Waals surface area contributed by atoms with Crippen molar-refractivity contribution in [3.05, 3.63) is 41.2 Å². The zero-order chi connectivity index (χ0) is 24.4. The number of nitrogens with zero attached hydrogens (tertiary/aromatic N) is 6. The first kappa shape index (κ1) is 22.7. The summed E-state index contributed by atoms with van der Waals surface area (Å²) in [7, 11) is -3.26. The van der Waals surface area contributed by atoms with Gasteiger partial charge in [-0.1, -0.05) is 13.8 Å². The zero-order valence-corrected chi connectivity index (χ0v) is 20.7. The molecule has 0 spiro atoms. The first-order chi connectivity index (χ1) is 16.1. The fourth-order valence-corrected chi connectivity index (χ4v) is 5.68. The number of aromatic amines is 1. The van der Waals surface area contributed by atoms with Crippen LogP contribution in [0.2, 0.25) is 0 Å². The van der Waals surface area contributed by atoms with E-state index in [1.165, 1.54) is 16.9 Å². The first-order valence-corrected chi connectivity index (χ1v) is 13.1. The van der Waals surface area contributed by atoms with Crippen molar-refractivity contribution in [2.45, 2.75) is 33.6 Å². The molecule has 5 rings (SSSR count). The van der Waals surface area contributed by atoms with Gasteiger partial charge in [0.05, 0.1) is 23.7 Å². The van der Waals surface area contributed by atoms with Crippen molar-refractivity contribution in [3.8, 4) is 11.3 Å². The molecule has 1 N–H and O–H groups in total. The van der Waals surface area contributed by atoms with Gasteiger partial charge in [-0.05, 0) is 36.5 Å². The number of nitrogens with one attached hydrogen (secondary N) is 1. The molecule has 0 bridgehead atoms. The summed E-state index contributed by atoms with van der Waals surface area (Å²) < 4.78 is 42.9. The number of pyridine rings is 2. The van der Waals surface area contributed by atoms with Crippen LogP contribution in [0, 0.1) is 19.7 Å². The minimum atomic E-state index is -3.26. The minimum Gasteiger partial charge on any atom is -0.353 e. The predicted octanol–water partition coefficient (Wildman–Crippen LogP) is 3.23. The molecule has 0 amide bonds. The molecule has 34 heavy (non-hydrogen) atoms. The van der Waals surface area contributed by atoms with Crippen LogP contribution in [0.4, 0.5) is 10.2 Å². The second-order valence-corrected chi connectivity index (χ2v) is 11.2. The lowest BCUT2D eigenvalue weighted by Crippen LogP contribution is -2.48. The van der Waals surface area contributed by atoms with Crippen LogP contribution in [-0.4, -0.2) is 69.7 Å². The molecule has 5 heterocycles. The maximum atomic E-state index is 16.0. The number of fused-ring (bicyclic) bond motifs is 2. The smallest absolute Gasteiger partial charge is 0.211 e. The first-order valence-electron chi connectivity index (χ1n) is 11.3. The van der Waals surface area contributed by atoms with Crippen LogP contribution in [0.5, 0.6) is 0 Å². The van der Waals surface area contributed by atoms with Crippen molar-refractivity contribution >= 4 is 32.4 Å². The Morgan fingerprint density at radius 1 is 1.09 bits per heavy atom. The fraction of sp³-hybridized carbons (Fsp3) is 0.435. The lowest BCUT2D eigenvalue weighted by Gasteiger charge is -2.34. The summed E-state index contributed by atoms with van der Waals surface area (Å²) in [4.78, 5) is 14.0. The maximum Gasteiger partial charge on any atom is 0.211 e. The Balaban J connectivity index is 1.64. The van der Waals surface area contributed by atoms with Crippen molar-refractivity contribution in [1.29, 1.82) is 0 Å². The molecule has 0 atom stereocenters. The van der Waals surface area contributed by atoms with Crippen molar-refractivity contribution in [2.75, 3.05) is 37.3 Å². The summed E-state index contributed by atoms with van der Waals surface area (Å²) in [5.74, 6) is -0.0813. The van der Waals surface area contributed by atoms with E-state index in [9.17, 15) is 8.42 Å². The van der Waals surface area contributed by atoms with Crippen LogP contribution < -0.4 is 4.90 Å². The second kappa shape index (κ2) is 8.02. The molecule has 0 unspecified atom stereocenters. The van der Waals surface area contributed by atoms with Crippen molar-refractivity contribution in [3.63, 3.8) is 0 Å². The van der Waals surface area contributed by atoms with E-state index in [0.29, 0.717) is 37.1 Å². The third kappa shape index (κ3) is 3.54. The third-order valence-corrected chi connectivity index (χ3v) is 8.08. The Kier molecular flexibility index (Phi) is 5.36. The van der Waals surface area contributed by atoms with Gasteiger partial charge in [-0.15, -0.1) is 0 Å². The van der Waals surface area contributed by atoms with Crippen LogP contribution in [0.15, 0.2) is 18.7 Å². The summed E-state index contributed by atoms with van der Waals surface area (Å²) in [6.07, 6.45) is 6.32. The molecular weight excluding hydrogens is 457 g/mol. The summed E-state index contributed by atoms with van der Waals surface area (Å²) in [6, 6.07) is 0. The van der Waals surface area contributed by atoms with E-state index < -0.39 is 10.0 Å². The molecule has 0 saturated carbocycles. The summed E-state index contributed by atoms with van der Waals surface area (Å²) in [5, 5.41) is 4.83. The Hall–Kier alpha value is -3.05. The number of piperazine rings is 1. The lowest BCUT2D eigenvalue weighted by molar-refractivity contribution is 0.385. The number of H-pyrrole nitrogens is 1. The maximum absolute atomic E-state index is 16.0. The highest BCUT2D eigenvalue weighted by molar-refractivity contribution is 7.88. The van der Waals surface area contributed by atoms with Gasteiger partial charge in [-0.2, -0.15) is 9.40 Å². The van der Waals surface area contributed by atoms with Gasteiger partial charge in [-0.3, -0.25) is 0 Å². The van der Waals surface area contributed by atoms with Crippen molar-refractivity contribution in [1.82, 2.24) is 28.9 Å². The molecule has 1 aliphatic heterocycles. The van der Waals surface area contributed by atoms with Gasteiger partial charge >= 0.3 is 0 Å². The van der Waals surface area contributed by atoms with Crippen LogP contribution in [0.3, 0.4) is 0 Å². The number of aromatic nitrogens is 5.